The lowest BCUT2D eigenvalue weighted by molar-refractivity contribution is -0.120. The fourth-order valence-corrected chi connectivity index (χ4v) is 3.38. The number of aromatic nitrogens is 1. The molecule has 0 spiro atoms. The standard InChI is InChI=1S/C28H26N3O4/c1-28(2,3)14-12-19-10-11-25-24(16-19)31(4)27(33)23(18-34-25)30-26(32)22-17-21(13-15-29-22)35-20-8-6-5-7-9-20/h5-11,13,15-17,23H,1,18H2,2-4H3,(H,30,32)/t23-/m0/s1. The lowest BCUT2D eigenvalue weighted by Crippen LogP contribution is -2.49. The van der Waals surface area contributed by atoms with Gasteiger partial charge in [0.05, 0.1) is 5.69 Å². The van der Waals surface area contributed by atoms with E-state index in [9.17, 15) is 9.59 Å². The molecule has 2 heterocycles. The maximum absolute atomic E-state index is 13.2. The average Bonchev–Trinajstić information content (AvgIpc) is 2.95. The molecule has 35 heavy (non-hydrogen) atoms. The van der Waals surface area contributed by atoms with Crippen LogP contribution in [0.15, 0.2) is 66.9 Å². The fourth-order valence-electron chi connectivity index (χ4n) is 3.38. The Hall–Kier alpha value is -4.31. The smallest absolute Gasteiger partial charge is 0.270 e. The van der Waals surface area contributed by atoms with Crippen molar-refractivity contribution in [2.45, 2.75) is 19.9 Å². The van der Waals surface area contributed by atoms with Crippen LogP contribution in [0.2, 0.25) is 0 Å². The van der Waals surface area contributed by atoms with E-state index >= 15 is 0 Å². The van der Waals surface area contributed by atoms with Gasteiger partial charge in [-0.1, -0.05) is 30.0 Å². The summed E-state index contributed by atoms with van der Waals surface area (Å²) in [4.78, 5) is 31.7. The van der Waals surface area contributed by atoms with E-state index < -0.39 is 17.4 Å². The number of likely N-dealkylation sites (N-methyl/N-ethyl adjacent to an activating group) is 1. The van der Waals surface area contributed by atoms with Crippen molar-refractivity contribution in [1.82, 2.24) is 10.3 Å². The third kappa shape index (κ3) is 5.98. The molecule has 1 radical (unpaired) electrons. The summed E-state index contributed by atoms with van der Waals surface area (Å²) >= 11 is 0. The molecule has 2 aromatic carbocycles. The van der Waals surface area contributed by atoms with Crippen LogP contribution in [0.1, 0.15) is 29.9 Å². The summed E-state index contributed by atoms with van der Waals surface area (Å²) in [6.07, 6.45) is 1.48. The number of fused-ring (bicyclic) bond motifs is 1. The summed E-state index contributed by atoms with van der Waals surface area (Å²) in [7, 11) is 1.64. The Morgan fingerprint density at radius 2 is 1.94 bits per heavy atom. The van der Waals surface area contributed by atoms with Gasteiger partial charge < -0.3 is 19.7 Å². The van der Waals surface area contributed by atoms with E-state index in [1.165, 1.54) is 17.2 Å². The topological polar surface area (TPSA) is 80.8 Å². The second-order valence-corrected chi connectivity index (χ2v) is 8.84. The molecule has 7 nitrogen and oxygen atoms in total. The van der Waals surface area contributed by atoms with Crippen LogP contribution in [0.4, 0.5) is 5.69 Å². The number of carbonyl (C=O) groups excluding carboxylic acids is 2. The number of pyridine rings is 1. The highest BCUT2D eigenvalue weighted by Gasteiger charge is 2.31. The lowest BCUT2D eigenvalue weighted by atomic mass is 9.97. The van der Waals surface area contributed by atoms with Crippen LogP contribution >= 0.6 is 0 Å². The van der Waals surface area contributed by atoms with Gasteiger partial charge in [-0.25, -0.2) is 0 Å². The van der Waals surface area contributed by atoms with Crippen molar-refractivity contribution in [2.75, 3.05) is 18.6 Å². The van der Waals surface area contributed by atoms with Gasteiger partial charge >= 0.3 is 0 Å². The summed E-state index contributed by atoms with van der Waals surface area (Å²) in [5, 5.41) is 2.73. The van der Waals surface area contributed by atoms with Gasteiger partial charge in [-0.15, -0.1) is 0 Å². The number of benzene rings is 2. The first-order valence-electron chi connectivity index (χ1n) is 11.1. The van der Waals surface area contributed by atoms with Crippen molar-refractivity contribution in [3.63, 3.8) is 0 Å². The molecule has 0 fully saturated rings. The van der Waals surface area contributed by atoms with E-state index in [1.807, 2.05) is 50.2 Å². The summed E-state index contributed by atoms with van der Waals surface area (Å²) < 4.78 is 11.6. The number of carbonyl (C=O) groups is 2. The fraction of sp³-hybridized carbons (Fsp3) is 0.214. The predicted octanol–water partition coefficient (Wildman–Crippen LogP) is 4.24. The minimum atomic E-state index is -0.895. The first-order chi connectivity index (χ1) is 16.7. The van der Waals surface area contributed by atoms with E-state index in [2.05, 4.69) is 29.1 Å². The largest absolute Gasteiger partial charge is 0.489 e. The van der Waals surface area contributed by atoms with Crippen molar-refractivity contribution in [1.29, 1.82) is 0 Å². The Morgan fingerprint density at radius 1 is 1.17 bits per heavy atom. The molecule has 1 N–H and O–H groups in total. The Bertz CT molecular complexity index is 1300. The lowest BCUT2D eigenvalue weighted by Gasteiger charge is -2.20. The van der Waals surface area contributed by atoms with Crippen LogP contribution in [0.3, 0.4) is 0 Å². The number of nitrogens with one attached hydrogen (secondary N) is 1. The highest BCUT2D eigenvalue weighted by molar-refractivity contribution is 6.03. The van der Waals surface area contributed by atoms with Gasteiger partial charge in [-0.3, -0.25) is 14.6 Å². The van der Waals surface area contributed by atoms with Gasteiger partial charge in [-0.05, 0) is 57.2 Å². The third-order valence-corrected chi connectivity index (χ3v) is 5.15. The van der Waals surface area contributed by atoms with Gasteiger partial charge in [0.1, 0.15) is 35.6 Å². The quantitative estimate of drug-likeness (QED) is 0.580. The zero-order chi connectivity index (χ0) is 25.0. The van der Waals surface area contributed by atoms with E-state index in [4.69, 9.17) is 9.47 Å². The summed E-state index contributed by atoms with van der Waals surface area (Å²) in [6, 6.07) is 16.9. The third-order valence-electron chi connectivity index (χ3n) is 5.15. The average molecular weight is 469 g/mol. The van der Waals surface area contributed by atoms with Crippen LogP contribution in [0.5, 0.6) is 17.2 Å². The SMILES string of the molecule is [CH2]C(C)(C)C#Cc1ccc2c(c1)N(C)C(=O)[C@@H](NC(=O)c1cc(Oc3ccccc3)ccn1)CO2. The second-order valence-electron chi connectivity index (χ2n) is 8.84. The number of hydrogen-bond donors (Lipinski definition) is 1. The molecule has 0 saturated heterocycles. The van der Waals surface area contributed by atoms with Gasteiger partial charge in [-0.2, -0.15) is 0 Å². The highest BCUT2D eigenvalue weighted by atomic mass is 16.5. The van der Waals surface area contributed by atoms with Crippen molar-refractivity contribution in [3.05, 3.63) is 85.0 Å². The molecule has 3 aromatic rings. The van der Waals surface area contributed by atoms with Crippen LogP contribution in [0.25, 0.3) is 0 Å². The number of anilines is 1. The molecule has 177 valence electrons. The summed E-state index contributed by atoms with van der Waals surface area (Å²) in [5.74, 6) is 6.98. The number of amides is 2. The van der Waals surface area contributed by atoms with E-state index in [0.717, 1.165) is 5.56 Å². The zero-order valence-corrected chi connectivity index (χ0v) is 19.9. The summed E-state index contributed by atoms with van der Waals surface area (Å²) in [5.41, 5.74) is 1.06. The van der Waals surface area contributed by atoms with Crippen LogP contribution in [0, 0.1) is 24.2 Å². The van der Waals surface area contributed by atoms with E-state index in [-0.39, 0.29) is 18.2 Å². The second kappa shape index (κ2) is 9.90. The molecule has 0 aliphatic carbocycles. The van der Waals surface area contributed by atoms with Crippen molar-refractivity contribution in [2.24, 2.45) is 5.41 Å². The van der Waals surface area contributed by atoms with E-state index in [1.54, 1.807) is 25.2 Å². The first kappa shape index (κ1) is 23.8. The Morgan fingerprint density at radius 3 is 2.69 bits per heavy atom. The molecular formula is C28H26N3O4. The number of rotatable bonds is 4. The number of para-hydroxylation sites is 1. The monoisotopic (exact) mass is 468 g/mol. The molecule has 1 aliphatic rings. The van der Waals surface area contributed by atoms with Crippen molar-refractivity contribution in [3.8, 4) is 29.1 Å². The predicted molar refractivity (Wildman–Crippen MR) is 133 cm³/mol. The molecule has 2 amide bonds. The Labute approximate surface area is 205 Å². The molecule has 7 heteroatoms. The normalized spacial score (nSPS) is 15.1. The van der Waals surface area contributed by atoms with Crippen LogP contribution < -0.4 is 19.7 Å². The van der Waals surface area contributed by atoms with Gasteiger partial charge in [0, 0.05) is 30.3 Å². The maximum Gasteiger partial charge on any atom is 0.270 e. The number of ether oxygens (including phenoxy) is 2. The molecule has 1 aromatic heterocycles. The van der Waals surface area contributed by atoms with Gasteiger partial charge in [0.25, 0.3) is 11.8 Å². The Balaban J connectivity index is 1.48. The summed E-state index contributed by atoms with van der Waals surface area (Å²) in [6.45, 7) is 7.82. The van der Waals surface area contributed by atoms with Crippen molar-refractivity contribution < 1.29 is 19.1 Å². The molecule has 0 unspecified atom stereocenters. The van der Waals surface area contributed by atoms with Crippen LogP contribution in [-0.4, -0.2) is 36.5 Å². The zero-order valence-electron chi connectivity index (χ0n) is 19.9. The molecular weight excluding hydrogens is 442 g/mol. The maximum atomic E-state index is 13.2. The van der Waals surface area contributed by atoms with Gasteiger partial charge in [0.2, 0.25) is 0 Å². The molecule has 1 atom stereocenters. The van der Waals surface area contributed by atoms with Gasteiger partial charge in [0.15, 0.2) is 0 Å². The first-order valence-corrected chi connectivity index (χ1v) is 11.1. The number of nitrogens with zero attached hydrogens (tertiary/aromatic N) is 2. The minimum absolute atomic E-state index is 0.0148. The molecule has 0 saturated carbocycles. The minimum Gasteiger partial charge on any atom is -0.489 e. The molecule has 0 bridgehead atoms. The number of hydrogen-bond acceptors (Lipinski definition) is 5. The van der Waals surface area contributed by atoms with E-state index in [0.29, 0.717) is 22.9 Å². The Kier molecular flexibility index (Phi) is 6.74. The van der Waals surface area contributed by atoms with Crippen molar-refractivity contribution >= 4 is 17.5 Å². The highest BCUT2D eigenvalue weighted by Crippen LogP contribution is 2.31. The van der Waals surface area contributed by atoms with Crippen LogP contribution in [-0.2, 0) is 4.79 Å². The molecule has 4 rings (SSSR count). The molecule has 1 aliphatic heterocycles.